The van der Waals surface area contributed by atoms with Gasteiger partial charge in [0.05, 0.1) is 16.4 Å². The number of nitrogens with zero attached hydrogens (tertiary/aromatic N) is 2. The van der Waals surface area contributed by atoms with E-state index in [9.17, 15) is 26.4 Å². The Bertz CT molecular complexity index is 1290. The summed E-state index contributed by atoms with van der Waals surface area (Å²) in [5.41, 5.74) is 0.465. The van der Waals surface area contributed by atoms with E-state index in [-0.39, 0.29) is 43.6 Å². The normalized spacial score (nSPS) is 15.4. The molecule has 170 valence electrons. The predicted octanol–water partition coefficient (Wildman–Crippen LogP) is 3.61. The molecule has 11 heteroatoms. The highest BCUT2D eigenvalue weighted by Crippen LogP contribution is 2.35. The molecule has 3 aromatic rings. The summed E-state index contributed by atoms with van der Waals surface area (Å²) in [5, 5.41) is 0.349. The zero-order valence-corrected chi connectivity index (χ0v) is 18.6. The Labute approximate surface area is 186 Å². The smallest absolute Gasteiger partial charge is 0.264 e. The third kappa shape index (κ3) is 4.01. The van der Waals surface area contributed by atoms with E-state index < -0.39 is 27.5 Å². The average Bonchev–Trinajstić information content (AvgIpc) is 3.15. The van der Waals surface area contributed by atoms with E-state index in [4.69, 9.17) is 4.74 Å². The third-order valence-corrected chi connectivity index (χ3v) is 8.38. The van der Waals surface area contributed by atoms with Crippen LogP contribution in [0.4, 0.5) is 13.2 Å². The number of hydrogen-bond acceptors (Lipinski definition) is 5. The van der Waals surface area contributed by atoms with E-state index in [1.54, 1.807) is 12.1 Å². The molecule has 1 saturated heterocycles. The number of ether oxygens (including phenoxy) is 1. The maximum absolute atomic E-state index is 14.4. The molecule has 0 atom stereocenters. The van der Waals surface area contributed by atoms with Gasteiger partial charge < -0.3 is 9.64 Å². The Hall–Kier alpha value is -2.47. The molecular weight excluding hydrogens is 465 g/mol. The molecule has 1 aliphatic rings. The average molecular weight is 485 g/mol. The molecule has 1 fully saturated rings. The molecule has 2 aromatic carbocycles. The van der Waals surface area contributed by atoms with Crippen molar-refractivity contribution in [3.8, 4) is 0 Å². The van der Waals surface area contributed by atoms with Crippen LogP contribution in [0.3, 0.4) is 0 Å². The van der Waals surface area contributed by atoms with Crippen molar-refractivity contribution in [1.82, 2.24) is 9.21 Å². The zero-order valence-electron chi connectivity index (χ0n) is 17.0. The summed E-state index contributed by atoms with van der Waals surface area (Å²) in [6, 6.07) is 7.04. The molecule has 0 aliphatic carbocycles. The molecule has 0 spiro atoms. The summed E-state index contributed by atoms with van der Waals surface area (Å²) in [5.74, 6) is -3.15. The molecule has 0 radical (unpaired) electrons. The molecule has 4 rings (SSSR count). The monoisotopic (exact) mass is 484 g/mol. The second-order valence-corrected chi connectivity index (χ2v) is 10.2. The van der Waals surface area contributed by atoms with Gasteiger partial charge in [0.25, 0.3) is 5.91 Å². The first-order valence-electron chi connectivity index (χ1n) is 9.67. The molecule has 1 aromatic heterocycles. The van der Waals surface area contributed by atoms with Crippen molar-refractivity contribution in [2.24, 2.45) is 0 Å². The number of carbonyl (C=O) groups excluding carboxylic acids is 1. The van der Waals surface area contributed by atoms with Gasteiger partial charge in [-0.3, -0.25) is 4.79 Å². The Morgan fingerprint density at radius 1 is 1.03 bits per heavy atom. The number of thiophene rings is 1. The van der Waals surface area contributed by atoms with Gasteiger partial charge in [0.2, 0.25) is 10.0 Å². The van der Waals surface area contributed by atoms with Crippen molar-refractivity contribution in [2.45, 2.75) is 11.5 Å². The van der Waals surface area contributed by atoms with Gasteiger partial charge in [0.15, 0.2) is 11.6 Å². The highest BCUT2D eigenvalue weighted by atomic mass is 32.2. The van der Waals surface area contributed by atoms with Crippen LogP contribution >= 0.6 is 11.3 Å². The molecule has 1 amide bonds. The number of piperazine rings is 1. The van der Waals surface area contributed by atoms with Crippen molar-refractivity contribution in [2.75, 3.05) is 33.3 Å². The second-order valence-electron chi connectivity index (χ2n) is 7.23. The van der Waals surface area contributed by atoms with Crippen molar-refractivity contribution < 1.29 is 31.1 Å². The van der Waals surface area contributed by atoms with Gasteiger partial charge in [0.1, 0.15) is 5.82 Å². The van der Waals surface area contributed by atoms with Gasteiger partial charge in [-0.15, -0.1) is 11.3 Å². The van der Waals surface area contributed by atoms with Crippen LogP contribution in [0.1, 0.15) is 15.2 Å². The lowest BCUT2D eigenvalue weighted by Gasteiger charge is -2.34. The van der Waals surface area contributed by atoms with Crippen LogP contribution in [0.25, 0.3) is 10.1 Å². The Balaban J connectivity index is 1.55. The van der Waals surface area contributed by atoms with Crippen LogP contribution in [0.15, 0.2) is 41.3 Å². The molecule has 1 aliphatic heterocycles. The minimum Gasteiger partial charge on any atom is -0.380 e. The summed E-state index contributed by atoms with van der Waals surface area (Å²) in [6.45, 7) is 0.250. The summed E-state index contributed by atoms with van der Waals surface area (Å²) >= 11 is 1.17. The highest BCUT2D eigenvalue weighted by Gasteiger charge is 2.32. The molecular formula is C21H19F3N2O4S2. The molecule has 6 nitrogen and oxygen atoms in total. The quantitative estimate of drug-likeness (QED) is 0.555. The number of halogens is 3. The first-order valence-corrected chi connectivity index (χ1v) is 11.9. The van der Waals surface area contributed by atoms with Crippen LogP contribution in [0, 0.1) is 17.5 Å². The van der Waals surface area contributed by atoms with Crippen molar-refractivity contribution in [1.29, 1.82) is 0 Å². The maximum atomic E-state index is 14.4. The fourth-order valence-corrected chi connectivity index (χ4v) is 6.31. The van der Waals surface area contributed by atoms with Crippen molar-refractivity contribution in [3.63, 3.8) is 0 Å². The number of fused-ring (bicyclic) bond motifs is 1. The summed E-state index contributed by atoms with van der Waals surface area (Å²) in [4.78, 5) is 14.7. The minimum atomic E-state index is -4.04. The number of carbonyl (C=O) groups is 1. The maximum Gasteiger partial charge on any atom is 0.264 e. The highest BCUT2D eigenvalue weighted by molar-refractivity contribution is 7.89. The molecule has 0 N–H and O–H groups in total. The number of rotatable bonds is 5. The summed E-state index contributed by atoms with van der Waals surface area (Å²) in [6.07, 6.45) is 0. The van der Waals surface area contributed by atoms with E-state index in [1.165, 1.54) is 29.4 Å². The summed E-state index contributed by atoms with van der Waals surface area (Å²) < 4.78 is 73.5. The molecule has 2 heterocycles. The zero-order chi connectivity index (χ0) is 23.0. The molecule has 0 saturated carbocycles. The number of sulfonamides is 1. The van der Waals surface area contributed by atoms with E-state index in [2.05, 4.69) is 0 Å². The van der Waals surface area contributed by atoms with Gasteiger partial charge in [-0.2, -0.15) is 4.31 Å². The third-order valence-electron chi connectivity index (χ3n) is 5.30. The van der Waals surface area contributed by atoms with E-state index in [0.29, 0.717) is 26.6 Å². The lowest BCUT2D eigenvalue weighted by Crippen LogP contribution is -2.50. The predicted molar refractivity (Wildman–Crippen MR) is 114 cm³/mol. The van der Waals surface area contributed by atoms with Crippen molar-refractivity contribution >= 4 is 37.4 Å². The molecule has 0 unspecified atom stereocenters. The second kappa shape index (κ2) is 8.81. The Kier molecular flexibility index (Phi) is 6.26. The van der Waals surface area contributed by atoms with Gasteiger partial charge in [-0.05, 0) is 30.3 Å². The number of benzene rings is 2. The molecule has 32 heavy (non-hydrogen) atoms. The van der Waals surface area contributed by atoms with Gasteiger partial charge >= 0.3 is 0 Å². The first-order chi connectivity index (χ1) is 15.2. The fourth-order valence-electron chi connectivity index (χ4n) is 3.68. The standard InChI is InChI=1S/C21H19F3N2O4S2/c1-30-12-14-19-16(23)3-2-4-18(19)31-20(14)21(27)25-7-9-26(10-8-25)32(28,29)13-5-6-15(22)17(24)11-13/h2-6,11H,7-10,12H2,1H3. The van der Waals surface area contributed by atoms with Gasteiger partial charge in [-0.25, -0.2) is 21.6 Å². The van der Waals surface area contributed by atoms with Crippen LogP contribution in [0.5, 0.6) is 0 Å². The summed E-state index contributed by atoms with van der Waals surface area (Å²) in [7, 11) is -2.58. The Morgan fingerprint density at radius 2 is 1.75 bits per heavy atom. The number of amides is 1. The van der Waals surface area contributed by atoms with E-state index >= 15 is 0 Å². The largest absolute Gasteiger partial charge is 0.380 e. The lowest BCUT2D eigenvalue weighted by atomic mass is 10.1. The fraction of sp³-hybridized carbons (Fsp3) is 0.286. The SMILES string of the molecule is COCc1c(C(=O)N2CCN(S(=O)(=O)c3ccc(F)c(F)c3)CC2)sc2cccc(F)c12. The van der Waals surface area contributed by atoms with Gasteiger partial charge in [0, 0.05) is 48.9 Å². The minimum absolute atomic E-state index is 0.00800. The van der Waals surface area contributed by atoms with E-state index in [1.807, 2.05) is 0 Å². The lowest BCUT2D eigenvalue weighted by molar-refractivity contribution is 0.0699. The molecule has 0 bridgehead atoms. The van der Waals surface area contributed by atoms with Crippen LogP contribution < -0.4 is 0 Å². The topological polar surface area (TPSA) is 66.9 Å². The van der Waals surface area contributed by atoms with Crippen LogP contribution in [-0.2, 0) is 21.4 Å². The van der Waals surface area contributed by atoms with Crippen LogP contribution in [0.2, 0.25) is 0 Å². The first kappa shape index (κ1) is 22.7. The van der Waals surface area contributed by atoms with Gasteiger partial charge in [-0.1, -0.05) is 6.07 Å². The number of hydrogen-bond donors (Lipinski definition) is 0. The number of methoxy groups -OCH3 is 1. The van der Waals surface area contributed by atoms with Crippen LogP contribution in [-0.4, -0.2) is 56.8 Å². The van der Waals surface area contributed by atoms with E-state index in [0.717, 1.165) is 16.4 Å². The van der Waals surface area contributed by atoms with Crippen molar-refractivity contribution in [3.05, 3.63) is 64.3 Å². The Morgan fingerprint density at radius 3 is 2.41 bits per heavy atom.